The van der Waals surface area contributed by atoms with Crippen molar-refractivity contribution in [3.63, 3.8) is 0 Å². The van der Waals surface area contributed by atoms with Crippen molar-refractivity contribution < 1.29 is 9.18 Å². The Balaban J connectivity index is 2.13. The molecule has 0 fully saturated rings. The highest BCUT2D eigenvalue weighted by Gasteiger charge is 2.08. The number of anilines is 2. The zero-order chi connectivity index (χ0) is 14.5. The minimum atomic E-state index is -0.551. The molecule has 2 aromatic rings. The number of nitriles is 1. The van der Waals surface area contributed by atoms with Crippen molar-refractivity contribution in [2.24, 2.45) is 0 Å². The molecule has 0 saturated heterocycles. The topological polar surface area (TPSA) is 64.9 Å². The molecular weight excluding hydrogens is 325 g/mol. The maximum atomic E-state index is 13.0. The number of hydrogen-bond donors (Lipinski definition) is 2. The van der Waals surface area contributed by atoms with Crippen LogP contribution in [0.4, 0.5) is 20.6 Å². The van der Waals surface area contributed by atoms with E-state index in [-0.39, 0.29) is 0 Å². The van der Waals surface area contributed by atoms with Crippen molar-refractivity contribution in [2.45, 2.75) is 0 Å². The van der Waals surface area contributed by atoms with Crippen molar-refractivity contribution in [1.82, 2.24) is 0 Å². The van der Waals surface area contributed by atoms with E-state index in [4.69, 9.17) is 5.26 Å². The normalized spacial score (nSPS) is 9.65. The highest BCUT2D eigenvalue weighted by atomic mass is 79.9. The Hall–Kier alpha value is -2.39. The zero-order valence-electron chi connectivity index (χ0n) is 10.2. The predicted octanol–water partition coefficient (Wildman–Crippen LogP) is 4.10. The molecule has 2 aromatic carbocycles. The number of amides is 2. The van der Waals surface area contributed by atoms with Crippen molar-refractivity contribution in [3.05, 3.63) is 58.3 Å². The minimum absolute atomic E-state index is 0.330. The fraction of sp³-hybridized carbons (Fsp3) is 0. The number of rotatable bonds is 2. The monoisotopic (exact) mass is 333 g/mol. The van der Waals surface area contributed by atoms with E-state index in [9.17, 15) is 9.18 Å². The van der Waals surface area contributed by atoms with Gasteiger partial charge in [0.25, 0.3) is 0 Å². The summed E-state index contributed by atoms with van der Waals surface area (Å²) in [6.45, 7) is 0. The summed E-state index contributed by atoms with van der Waals surface area (Å²) in [5.41, 5.74) is 1.04. The molecule has 0 bridgehead atoms. The highest BCUT2D eigenvalue weighted by molar-refractivity contribution is 9.10. The van der Waals surface area contributed by atoms with Crippen LogP contribution in [0.1, 0.15) is 5.56 Å². The molecule has 2 rings (SSSR count). The summed E-state index contributed by atoms with van der Waals surface area (Å²) in [5, 5.41) is 14.0. The maximum absolute atomic E-state index is 13.0. The molecule has 2 N–H and O–H groups in total. The lowest BCUT2D eigenvalue weighted by Crippen LogP contribution is -2.20. The third-order valence-electron chi connectivity index (χ3n) is 2.43. The average Bonchev–Trinajstić information content (AvgIpc) is 2.38. The van der Waals surface area contributed by atoms with Crippen LogP contribution in [-0.2, 0) is 0 Å². The summed E-state index contributed by atoms with van der Waals surface area (Å²) in [4.78, 5) is 11.8. The lowest BCUT2D eigenvalue weighted by molar-refractivity contribution is 0.262. The first-order chi connectivity index (χ1) is 9.58. The molecule has 0 radical (unpaired) electrons. The number of carbonyl (C=O) groups excluding carboxylic acids is 1. The van der Waals surface area contributed by atoms with Gasteiger partial charge in [-0.2, -0.15) is 5.26 Å². The Morgan fingerprint density at radius 2 is 2.00 bits per heavy atom. The van der Waals surface area contributed by atoms with Crippen molar-refractivity contribution in [1.29, 1.82) is 5.26 Å². The fourth-order valence-corrected chi connectivity index (χ4v) is 1.93. The number of nitrogens with one attached hydrogen (secondary N) is 2. The Morgan fingerprint density at radius 1 is 1.20 bits per heavy atom. The van der Waals surface area contributed by atoms with Crippen LogP contribution in [0.5, 0.6) is 0 Å². The van der Waals surface area contributed by atoms with Crippen molar-refractivity contribution in [3.8, 4) is 6.07 Å². The van der Waals surface area contributed by atoms with Crippen LogP contribution < -0.4 is 10.6 Å². The molecule has 2 amide bonds. The van der Waals surface area contributed by atoms with Crippen LogP contribution in [0.25, 0.3) is 0 Å². The molecule has 6 heteroatoms. The molecule has 100 valence electrons. The Kier molecular flexibility index (Phi) is 4.33. The van der Waals surface area contributed by atoms with E-state index in [1.807, 2.05) is 6.07 Å². The molecule has 0 spiro atoms. The summed E-state index contributed by atoms with van der Waals surface area (Å²) in [6.07, 6.45) is 0. The second-order valence-corrected chi connectivity index (χ2v) is 4.81. The first kappa shape index (κ1) is 14.0. The van der Waals surface area contributed by atoms with Crippen LogP contribution in [-0.4, -0.2) is 6.03 Å². The summed E-state index contributed by atoms with van der Waals surface area (Å²) in [7, 11) is 0. The second-order valence-electron chi connectivity index (χ2n) is 3.89. The molecule has 0 heterocycles. The SMILES string of the molecule is N#Cc1ccc(Br)cc1NC(=O)Nc1cccc(F)c1. The first-order valence-corrected chi connectivity index (χ1v) is 6.41. The number of carbonyl (C=O) groups is 1. The van der Waals surface area contributed by atoms with E-state index in [2.05, 4.69) is 26.6 Å². The van der Waals surface area contributed by atoms with E-state index < -0.39 is 11.8 Å². The number of nitrogens with zero attached hydrogens (tertiary/aromatic N) is 1. The van der Waals surface area contributed by atoms with Crippen LogP contribution >= 0.6 is 15.9 Å². The van der Waals surface area contributed by atoms with Gasteiger partial charge >= 0.3 is 6.03 Å². The van der Waals surface area contributed by atoms with Gasteiger partial charge in [-0.15, -0.1) is 0 Å². The third-order valence-corrected chi connectivity index (χ3v) is 2.93. The number of benzene rings is 2. The largest absolute Gasteiger partial charge is 0.323 e. The summed E-state index contributed by atoms with van der Waals surface area (Å²) >= 11 is 3.26. The van der Waals surface area contributed by atoms with Gasteiger partial charge < -0.3 is 10.6 Å². The third kappa shape index (κ3) is 3.56. The van der Waals surface area contributed by atoms with Gasteiger partial charge in [0, 0.05) is 10.2 Å². The highest BCUT2D eigenvalue weighted by Crippen LogP contribution is 2.21. The van der Waals surface area contributed by atoms with Gasteiger partial charge in [-0.3, -0.25) is 0 Å². The van der Waals surface area contributed by atoms with E-state index >= 15 is 0 Å². The molecule has 0 aromatic heterocycles. The van der Waals surface area contributed by atoms with Gasteiger partial charge in [0.2, 0.25) is 0 Å². The quantitative estimate of drug-likeness (QED) is 0.868. The first-order valence-electron chi connectivity index (χ1n) is 5.62. The fourth-order valence-electron chi connectivity index (χ4n) is 1.57. The van der Waals surface area contributed by atoms with Crippen LogP contribution in [0.3, 0.4) is 0 Å². The van der Waals surface area contributed by atoms with E-state index in [1.54, 1.807) is 24.3 Å². The molecule has 0 saturated carbocycles. The Bertz CT molecular complexity index is 697. The molecular formula is C14H9BrFN3O. The number of hydrogen-bond acceptors (Lipinski definition) is 2. The van der Waals surface area contributed by atoms with Gasteiger partial charge in [-0.05, 0) is 36.4 Å². The van der Waals surface area contributed by atoms with E-state index in [0.717, 1.165) is 4.47 Å². The summed E-state index contributed by atoms with van der Waals surface area (Å²) < 4.78 is 13.7. The van der Waals surface area contributed by atoms with Gasteiger partial charge in [-0.25, -0.2) is 9.18 Å². The number of halogens is 2. The summed E-state index contributed by atoms with van der Waals surface area (Å²) in [5.74, 6) is -0.442. The smallest absolute Gasteiger partial charge is 0.308 e. The molecule has 0 aliphatic carbocycles. The minimum Gasteiger partial charge on any atom is -0.308 e. The van der Waals surface area contributed by atoms with E-state index in [0.29, 0.717) is 16.9 Å². The lowest BCUT2D eigenvalue weighted by Gasteiger charge is -2.09. The zero-order valence-corrected chi connectivity index (χ0v) is 11.7. The van der Waals surface area contributed by atoms with Gasteiger partial charge in [0.1, 0.15) is 11.9 Å². The number of urea groups is 1. The molecule has 20 heavy (non-hydrogen) atoms. The van der Waals surface area contributed by atoms with Crippen LogP contribution in [0, 0.1) is 17.1 Å². The van der Waals surface area contributed by atoms with Gasteiger partial charge in [0.15, 0.2) is 0 Å². The van der Waals surface area contributed by atoms with Crippen molar-refractivity contribution in [2.75, 3.05) is 10.6 Å². The molecule has 4 nitrogen and oxygen atoms in total. The molecule has 0 aliphatic heterocycles. The Labute approximate surface area is 123 Å². The van der Waals surface area contributed by atoms with Gasteiger partial charge in [-0.1, -0.05) is 22.0 Å². The molecule has 0 atom stereocenters. The van der Waals surface area contributed by atoms with Gasteiger partial charge in [0.05, 0.1) is 11.3 Å². The van der Waals surface area contributed by atoms with Crippen molar-refractivity contribution >= 4 is 33.3 Å². The summed E-state index contributed by atoms with van der Waals surface area (Å²) in [6, 6.07) is 11.9. The molecule has 0 aliphatic rings. The predicted molar refractivity (Wildman–Crippen MR) is 77.9 cm³/mol. The van der Waals surface area contributed by atoms with Crippen LogP contribution in [0.15, 0.2) is 46.9 Å². The molecule has 0 unspecified atom stereocenters. The Morgan fingerprint density at radius 3 is 2.70 bits per heavy atom. The van der Waals surface area contributed by atoms with Crippen LogP contribution in [0.2, 0.25) is 0 Å². The van der Waals surface area contributed by atoms with E-state index in [1.165, 1.54) is 18.2 Å². The second kappa shape index (κ2) is 6.17. The standard InChI is InChI=1S/C14H9BrFN3O/c15-10-5-4-9(8-17)13(6-10)19-14(20)18-12-3-1-2-11(16)7-12/h1-7H,(H2,18,19,20). The lowest BCUT2D eigenvalue weighted by atomic mass is 10.2. The maximum Gasteiger partial charge on any atom is 0.323 e. The average molecular weight is 334 g/mol.